The number of para-hydroxylation sites is 3. The molecule has 1 aliphatic rings. The molecule has 0 saturated heterocycles. The van der Waals surface area contributed by atoms with Gasteiger partial charge in [-0.2, -0.15) is 0 Å². The Morgan fingerprint density at radius 2 is 1.96 bits per heavy atom. The van der Waals surface area contributed by atoms with E-state index in [1.165, 1.54) is 0 Å². The average molecular weight is 367 g/mol. The molecule has 0 radical (unpaired) electrons. The van der Waals surface area contributed by atoms with Crippen LogP contribution in [0.2, 0.25) is 0 Å². The predicted octanol–water partition coefficient (Wildman–Crippen LogP) is 2.51. The van der Waals surface area contributed by atoms with Gasteiger partial charge in [-0.3, -0.25) is 9.59 Å². The van der Waals surface area contributed by atoms with Gasteiger partial charge in [0.2, 0.25) is 5.91 Å². The molecule has 0 aromatic heterocycles. The Bertz CT molecular complexity index is 850. The lowest BCUT2D eigenvalue weighted by Crippen LogP contribution is -2.50. The summed E-state index contributed by atoms with van der Waals surface area (Å²) < 4.78 is 5.78. The van der Waals surface area contributed by atoms with Gasteiger partial charge in [-0.05, 0) is 36.6 Å². The smallest absolute Gasteiger partial charge is 0.262 e. The Balaban J connectivity index is 1.80. The van der Waals surface area contributed by atoms with Gasteiger partial charge < -0.3 is 20.3 Å². The van der Waals surface area contributed by atoms with Gasteiger partial charge in [0, 0.05) is 12.7 Å². The fourth-order valence-corrected chi connectivity index (χ4v) is 3.31. The lowest BCUT2D eigenvalue weighted by Gasteiger charge is -2.35. The second-order valence-electron chi connectivity index (χ2n) is 6.58. The molecular weight excluding hydrogens is 342 g/mol. The zero-order chi connectivity index (χ0) is 19.4. The highest BCUT2D eigenvalue weighted by molar-refractivity contribution is 5.96. The van der Waals surface area contributed by atoms with E-state index in [0.29, 0.717) is 12.3 Å². The number of carbonyl (C=O) groups excluding carboxylic acids is 2. The Labute approximate surface area is 159 Å². The minimum Gasteiger partial charge on any atom is -0.477 e. The summed E-state index contributed by atoms with van der Waals surface area (Å²) in [4.78, 5) is 26.7. The van der Waals surface area contributed by atoms with Gasteiger partial charge in [0.25, 0.3) is 5.91 Å². The van der Waals surface area contributed by atoms with Crippen molar-refractivity contribution in [2.24, 2.45) is 0 Å². The summed E-state index contributed by atoms with van der Waals surface area (Å²) in [6.07, 6.45) is 0.193. The molecule has 0 spiro atoms. The maximum absolute atomic E-state index is 12.8. The van der Waals surface area contributed by atoms with Crippen LogP contribution in [-0.4, -0.2) is 38.1 Å². The van der Waals surface area contributed by atoms with E-state index < -0.39 is 6.10 Å². The number of amides is 2. The third kappa shape index (κ3) is 4.05. The number of nitrogens with one attached hydrogen (secondary N) is 2. The first-order chi connectivity index (χ1) is 13.0. The largest absolute Gasteiger partial charge is 0.477 e. The molecule has 1 atom stereocenters. The second-order valence-corrected chi connectivity index (χ2v) is 6.58. The summed E-state index contributed by atoms with van der Waals surface area (Å²) in [6.45, 7) is 4.51. The number of carbonyl (C=O) groups is 2. The van der Waals surface area contributed by atoms with Crippen LogP contribution >= 0.6 is 0 Å². The van der Waals surface area contributed by atoms with Crippen LogP contribution in [0.4, 0.5) is 11.4 Å². The molecule has 6 nitrogen and oxygen atoms in total. The molecule has 0 fully saturated rings. The van der Waals surface area contributed by atoms with Crippen LogP contribution in [-0.2, 0) is 16.0 Å². The molecule has 1 aliphatic heterocycles. The van der Waals surface area contributed by atoms with E-state index in [9.17, 15) is 9.59 Å². The average Bonchev–Trinajstić information content (AvgIpc) is 2.68. The number of nitrogens with zero attached hydrogens (tertiary/aromatic N) is 1. The predicted molar refractivity (Wildman–Crippen MR) is 106 cm³/mol. The number of rotatable bonds is 5. The van der Waals surface area contributed by atoms with Crippen molar-refractivity contribution in [2.75, 3.05) is 30.4 Å². The van der Waals surface area contributed by atoms with Crippen molar-refractivity contribution in [2.45, 2.75) is 26.4 Å². The normalized spacial score (nSPS) is 15.5. The van der Waals surface area contributed by atoms with Gasteiger partial charge >= 0.3 is 0 Å². The highest BCUT2D eigenvalue weighted by Gasteiger charge is 2.31. The molecule has 2 N–H and O–H groups in total. The molecule has 2 amide bonds. The summed E-state index contributed by atoms with van der Waals surface area (Å²) in [7, 11) is 1.58. The Hall–Kier alpha value is -3.02. The summed E-state index contributed by atoms with van der Waals surface area (Å²) in [5.74, 6) is 0.281. The van der Waals surface area contributed by atoms with E-state index >= 15 is 0 Å². The SMILES string of the molecule is CCc1cccc(C)c1NC(=O)CN1C[C@@H](C(=O)NC)Oc2ccccc21. The lowest BCUT2D eigenvalue weighted by molar-refractivity contribution is -0.127. The molecule has 0 bridgehead atoms. The third-order valence-electron chi connectivity index (χ3n) is 4.74. The van der Waals surface area contributed by atoms with Crippen molar-refractivity contribution in [3.8, 4) is 5.75 Å². The maximum atomic E-state index is 12.8. The van der Waals surface area contributed by atoms with E-state index in [-0.39, 0.29) is 18.4 Å². The standard InChI is InChI=1S/C21H25N3O3/c1-4-15-9-7-8-14(2)20(15)23-19(25)13-24-12-18(21(26)22-3)27-17-11-6-5-10-16(17)24/h5-11,18H,4,12-13H2,1-3H3,(H,22,26)(H,23,25)/t18-/m0/s1. The summed E-state index contributed by atoms with van der Waals surface area (Å²) in [5, 5.41) is 5.65. The summed E-state index contributed by atoms with van der Waals surface area (Å²) in [5.41, 5.74) is 3.82. The van der Waals surface area contributed by atoms with Crippen molar-refractivity contribution < 1.29 is 14.3 Å². The Morgan fingerprint density at radius 3 is 2.70 bits per heavy atom. The number of fused-ring (bicyclic) bond motifs is 1. The fraction of sp³-hybridized carbons (Fsp3) is 0.333. The number of aryl methyl sites for hydroxylation is 2. The molecule has 3 rings (SSSR count). The van der Waals surface area contributed by atoms with Crippen LogP contribution in [0.3, 0.4) is 0 Å². The van der Waals surface area contributed by atoms with Crippen LogP contribution < -0.4 is 20.3 Å². The van der Waals surface area contributed by atoms with Crippen molar-refractivity contribution >= 4 is 23.2 Å². The van der Waals surface area contributed by atoms with Crippen LogP contribution in [0.15, 0.2) is 42.5 Å². The van der Waals surface area contributed by atoms with E-state index in [4.69, 9.17) is 4.74 Å². The molecule has 0 aliphatic carbocycles. The number of hydrogen-bond acceptors (Lipinski definition) is 4. The minimum atomic E-state index is -0.651. The monoisotopic (exact) mass is 367 g/mol. The number of ether oxygens (including phenoxy) is 1. The van der Waals surface area contributed by atoms with Crippen LogP contribution in [0.25, 0.3) is 0 Å². The number of likely N-dealkylation sites (N-methyl/N-ethyl adjacent to an activating group) is 1. The highest BCUT2D eigenvalue weighted by Crippen LogP contribution is 2.33. The molecule has 27 heavy (non-hydrogen) atoms. The van der Waals surface area contributed by atoms with Crippen molar-refractivity contribution in [3.63, 3.8) is 0 Å². The molecule has 6 heteroatoms. The summed E-state index contributed by atoms with van der Waals surface area (Å²) in [6, 6.07) is 13.5. The van der Waals surface area contributed by atoms with Crippen molar-refractivity contribution in [1.82, 2.24) is 5.32 Å². The van der Waals surface area contributed by atoms with Gasteiger partial charge in [0.15, 0.2) is 6.10 Å². The highest BCUT2D eigenvalue weighted by atomic mass is 16.5. The summed E-state index contributed by atoms with van der Waals surface area (Å²) >= 11 is 0. The first-order valence-electron chi connectivity index (χ1n) is 9.14. The Morgan fingerprint density at radius 1 is 1.19 bits per heavy atom. The first kappa shape index (κ1) is 18.8. The van der Waals surface area contributed by atoms with E-state index in [2.05, 4.69) is 17.6 Å². The molecular formula is C21H25N3O3. The second kappa shape index (κ2) is 8.12. The third-order valence-corrected chi connectivity index (χ3v) is 4.74. The zero-order valence-electron chi connectivity index (χ0n) is 15.9. The van der Waals surface area contributed by atoms with Gasteiger partial charge in [-0.15, -0.1) is 0 Å². The zero-order valence-corrected chi connectivity index (χ0v) is 15.9. The quantitative estimate of drug-likeness (QED) is 0.852. The molecule has 2 aromatic carbocycles. The number of benzene rings is 2. The Kier molecular flexibility index (Phi) is 5.64. The van der Waals surface area contributed by atoms with Gasteiger partial charge in [0.1, 0.15) is 5.75 Å². The lowest BCUT2D eigenvalue weighted by atomic mass is 10.1. The van der Waals surface area contributed by atoms with Crippen molar-refractivity contribution in [3.05, 3.63) is 53.6 Å². The fourth-order valence-electron chi connectivity index (χ4n) is 3.31. The van der Waals surface area contributed by atoms with Crippen LogP contribution in [0.5, 0.6) is 5.75 Å². The topological polar surface area (TPSA) is 70.7 Å². The number of hydrogen-bond donors (Lipinski definition) is 2. The van der Waals surface area contributed by atoms with Gasteiger partial charge in [0.05, 0.1) is 18.8 Å². The maximum Gasteiger partial charge on any atom is 0.262 e. The van der Waals surface area contributed by atoms with E-state index in [1.54, 1.807) is 7.05 Å². The first-order valence-corrected chi connectivity index (χ1v) is 9.14. The van der Waals surface area contributed by atoms with E-state index in [0.717, 1.165) is 28.9 Å². The van der Waals surface area contributed by atoms with Crippen molar-refractivity contribution in [1.29, 1.82) is 0 Å². The van der Waals surface area contributed by atoms with Crippen LogP contribution in [0.1, 0.15) is 18.1 Å². The molecule has 0 saturated carbocycles. The molecule has 0 unspecified atom stereocenters. The molecule has 1 heterocycles. The minimum absolute atomic E-state index is 0.119. The van der Waals surface area contributed by atoms with Gasteiger partial charge in [-0.25, -0.2) is 0 Å². The molecule has 2 aromatic rings. The van der Waals surface area contributed by atoms with Crippen LogP contribution in [0, 0.1) is 6.92 Å². The number of anilines is 2. The van der Waals surface area contributed by atoms with E-state index in [1.807, 2.05) is 54.3 Å². The van der Waals surface area contributed by atoms with Gasteiger partial charge in [-0.1, -0.05) is 37.3 Å². The molecule has 142 valence electrons.